The molecule has 0 spiro atoms. The summed E-state index contributed by atoms with van der Waals surface area (Å²) in [5.74, 6) is 0.712. The predicted molar refractivity (Wildman–Crippen MR) is 71.5 cm³/mol. The van der Waals surface area contributed by atoms with E-state index in [-0.39, 0.29) is 23.2 Å². The van der Waals surface area contributed by atoms with E-state index in [1.165, 1.54) is 12.8 Å². The highest BCUT2D eigenvalue weighted by Crippen LogP contribution is 2.47. The van der Waals surface area contributed by atoms with Crippen molar-refractivity contribution >= 4 is 0 Å². The average Bonchev–Trinajstić information content (AvgIpc) is 3.00. The lowest BCUT2D eigenvalue weighted by atomic mass is 9.80. The topological polar surface area (TPSA) is 38.7 Å². The van der Waals surface area contributed by atoms with Gasteiger partial charge in [-0.1, -0.05) is 0 Å². The van der Waals surface area contributed by atoms with Gasteiger partial charge in [-0.25, -0.2) is 0 Å². The van der Waals surface area contributed by atoms with E-state index < -0.39 is 6.10 Å². The van der Waals surface area contributed by atoms with Gasteiger partial charge in [0.05, 0.1) is 23.4 Å². The minimum Gasteiger partial charge on any atom is -0.390 e. The lowest BCUT2D eigenvalue weighted by Crippen LogP contribution is -2.44. The van der Waals surface area contributed by atoms with Crippen LogP contribution in [0.2, 0.25) is 0 Å². The van der Waals surface area contributed by atoms with Crippen LogP contribution in [0.5, 0.6) is 0 Å². The first-order valence-corrected chi connectivity index (χ1v) is 7.26. The van der Waals surface area contributed by atoms with Gasteiger partial charge in [0.2, 0.25) is 0 Å². The maximum absolute atomic E-state index is 10.7. The first-order valence-electron chi connectivity index (χ1n) is 7.26. The molecule has 106 valence electrons. The van der Waals surface area contributed by atoms with Crippen molar-refractivity contribution in [3.8, 4) is 0 Å². The van der Waals surface area contributed by atoms with Crippen LogP contribution in [0.3, 0.4) is 0 Å². The zero-order valence-electron chi connectivity index (χ0n) is 12.4. The predicted octanol–water partition coefficient (Wildman–Crippen LogP) is 2.76. The molecule has 1 saturated carbocycles. The number of aliphatic hydroxyl groups excluding tert-OH is 1. The molecule has 1 saturated heterocycles. The quantitative estimate of drug-likeness (QED) is 0.822. The van der Waals surface area contributed by atoms with Gasteiger partial charge in [0.1, 0.15) is 0 Å². The minimum atomic E-state index is -0.408. The molecule has 0 radical (unpaired) electrons. The van der Waals surface area contributed by atoms with Crippen molar-refractivity contribution in [3.63, 3.8) is 0 Å². The number of aliphatic hydroxyl groups is 1. The standard InChI is InChI=1S/C15H28O3/c1-6-17-13(10-7-8-10)12(16)11-9-14(2,3)18-15(11,4)5/h10-13,16H,6-9H2,1-5H3. The van der Waals surface area contributed by atoms with Crippen LogP contribution in [-0.2, 0) is 9.47 Å². The largest absolute Gasteiger partial charge is 0.390 e. The molecule has 3 heteroatoms. The van der Waals surface area contributed by atoms with Crippen molar-refractivity contribution in [2.45, 2.75) is 77.3 Å². The second kappa shape index (κ2) is 4.77. The van der Waals surface area contributed by atoms with Crippen molar-refractivity contribution in [3.05, 3.63) is 0 Å². The van der Waals surface area contributed by atoms with Gasteiger partial charge in [0, 0.05) is 12.5 Å². The van der Waals surface area contributed by atoms with E-state index in [9.17, 15) is 5.11 Å². The zero-order valence-corrected chi connectivity index (χ0v) is 12.4. The van der Waals surface area contributed by atoms with Gasteiger partial charge in [-0.05, 0) is 59.8 Å². The van der Waals surface area contributed by atoms with E-state index in [2.05, 4.69) is 27.7 Å². The highest BCUT2D eigenvalue weighted by Gasteiger charge is 2.52. The molecule has 0 amide bonds. The van der Waals surface area contributed by atoms with E-state index in [0.717, 1.165) is 6.42 Å². The Morgan fingerprint density at radius 1 is 1.28 bits per heavy atom. The number of hydrogen-bond acceptors (Lipinski definition) is 3. The molecule has 0 aromatic heterocycles. The third kappa shape index (κ3) is 2.89. The van der Waals surface area contributed by atoms with Crippen LogP contribution in [0.15, 0.2) is 0 Å². The maximum atomic E-state index is 10.7. The Hall–Kier alpha value is -0.120. The van der Waals surface area contributed by atoms with Crippen LogP contribution in [0, 0.1) is 11.8 Å². The summed E-state index contributed by atoms with van der Waals surface area (Å²) in [7, 11) is 0. The minimum absolute atomic E-state index is 0.00299. The van der Waals surface area contributed by atoms with E-state index in [1.54, 1.807) is 0 Å². The van der Waals surface area contributed by atoms with Crippen LogP contribution in [-0.4, -0.2) is 35.1 Å². The Kier molecular flexibility index (Phi) is 3.79. The molecule has 1 N–H and O–H groups in total. The molecule has 2 fully saturated rings. The summed E-state index contributed by atoms with van der Waals surface area (Å²) in [5, 5.41) is 10.7. The molecule has 3 atom stereocenters. The molecule has 2 aliphatic rings. The Morgan fingerprint density at radius 3 is 2.28 bits per heavy atom. The van der Waals surface area contributed by atoms with Gasteiger partial charge < -0.3 is 14.6 Å². The van der Waals surface area contributed by atoms with Gasteiger partial charge in [-0.15, -0.1) is 0 Å². The lowest BCUT2D eigenvalue weighted by molar-refractivity contribution is -0.117. The Labute approximate surface area is 111 Å². The van der Waals surface area contributed by atoms with Crippen molar-refractivity contribution in [1.29, 1.82) is 0 Å². The molecule has 3 unspecified atom stereocenters. The van der Waals surface area contributed by atoms with Crippen LogP contribution < -0.4 is 0 Å². The molecule has 1 aliphatic carbocycles. The van der Waals surface area contributed by atoms with E-state index >= 15 is 0 Å². The summed E-state index contributed by atoms with van der Waals surface area (Å²) in [6.07, 6.45) is 2.88. The van der Waals surface area contributed by atoms with E-state index in [1.807, 2.05) is 6.92 Å². The fourth-order valence-electron chi connectivity index (χ4n) is 3.50. The first-order chi connectivity index (χ1) is 8.27. The molecule has 0 aromatic carbocycles. The fourth-order valence-corrected chi connectivity index (χ4v) is 3.50. The van der Waals surface area contributed by atoms with Gasteiger partial charge in [-0.2, -0.15) is 0 Å². The summed E-state index contributed by atoms with van der Waals surface area (Å²) < 4.78 is 11.9. The third-order valence-corrected chi connectivity index (χ3v) is 4.34. The van der Waals surface area contributed by atoms with Crippen molar-refractivity contribution in [2.24, 2.45) is 11.8 Å². The van der Waals surface area contributed by atoms with E-state index in [0.29, 0.717) is 12.5 Å². The second-order valence-electron chi connectivity index (χ2n) is 7.02. The Balaban J connectivity index is 2.09. The summed E-state index contributed by atoms with van der Waals surface area (Å²) in [6.45, 7) is 11.1. The lowest BCUT2D eigenvalue weighted by Gasteiger charge is -2.34. The molecule has 2 rings (SSSR count). The molecule has 1 heterocycles. The zero-order chi connectivity index (χ0) is 13.6. The molecular formula is C15H28O3. The van der Waals surface area contributed by atoms with E-state index in [4.69, 9.17) is 9.47 Å². The smallest absolute Gasteiger partial charge is 0.0865 e. The molecule has 0 aromatic rings. The number of rotatable bonds is 5. The van der Waals surface area contributed by atoms with Crippen LogP contribution in [0.4, 0.5) is 0 Å². The highest BCUT2D eigenvalue weighted by atomic mass is 16.5. The third-order valence-electron chi connectivity index (χ3n) is 4.34. The highest BCUT2D eigenvalue weighted by molar-refractivity contribution is 5.01. The molecule has 0 bridgehead atoms. The van der Waals surface area contributed by atoms with Gasteiger partial charge in [0.15, 0.2) is 0 Å². The fraction of sp³-hybridized carbons (Fsp3) is 1.00. The molecular weight excluding hydrogens is 228 g/mol. The number of ether oxygens (including phenoxy) is 2. The normalized spacial score (nSPS) is 33.3. The maximum Gasteiger partial charge on any atom is 0.0865 e. The van der Waals surface area contributed by atoms with Crippen LogP contribution in [0.1, 0.15) is 53.9 Å². The van der Waals surface area contributed by atoms with Crippen molar-refractivity contribution in [1.82, 2.24) is 0 Å². The second-order valence-corrected chi connectivity index (χ2v) is 7.02. The first kappa shape index (κ1) is 14.3. The van der Waals surface area contributed by atoms with Gasteiger partial charge in [-0.3, -0.25) is 0 Å². The molecule has 18 heavy (non-hydrogen) atoms. The summed E-state index contributed by atoms with van der Waals surface area (Å²) in [5.41, 5.74) is -0.414. The molecule has 1 aliphatic heterocycles. The average molecular weight is 256 g/mol. The van der Waals surface area contributed by atoms with Crippen molar-refractivity contribution in [2.75, 3.05) is 6.61 Å². The van der Waals surface area contributed by atoms with Crippen LogP contribution in [0.25, 0.3) is 0 Å². The number of hydrogen-bond donors (Lipinski definition) is 1. The Morgan fingerprint density at radius 2 is 1.89 bits per heavy atom. The summed E-state index contributed by atoms with van der Waals surface area (Å²) >= 11 is 0. The van der Waals surface area contributed by atoms with Gasteiger partial charge in [0.25, 0.3) is 0 Å². The Bertz CT molecular complexity index is 294. The SMILES string of the molecule is CCOC(C1CC1)C(O)C1CC(C)(C)OC1(C)C. The summed E-state index contributed by atoms with van der Waals surface area (Å²) in [4.78, 5) is 0. The van der Waals surface area contributed by atoms with Crippen molar-refractivity contribution < 1.29 is 14.6 Å². The summed E-state index contributed by atoms with van der Waals surface area (Å²) in [6, 6.07) is 0. The van der Waals surface area contributed by atoms with Gasteiger partial charge >= 0.3 is 0 Å². The molecule has 3 nitrogen and oxygen atoms in total. The van der Waals surface area contributed by atoms with Crippen LogP contribution >= 0.6 is 0 Å². The monoisotopic (exact) mass is 256 g/mol.